The predicted molar refractivity (Wildman–Crippen MR) is 181 cm³/mol. The maximum absolute atomic E-state index is 13.9. The largest absolute Gasteiger partial charge is 0.420 e. The Hall–Kier alpha value is -4.64. The van der Waals surface area contributed by atoms with Crippen molar-refractivity contribution in [2.45, 2.75) is 116 Å². The van der Waals surface area contributed by atoms with E-state index in [-0.39, 0.29) is 88.0 Å². The van der Waals surface area contributed by atoms with Crippen molar-refractivity contribution in [3.63, 3.8) is 0 Å². The zero-order valence-corrected chi connectivity index (χ0v) is 30.4. The average molecular weight is 764 g/mol. The number of Topliss-reactive ketones (excluding diaryl/α,β-unsaturated/α-hetero) is 1. The minimum Gasteiger partial charge on any atom is -0.420 e. The number of rotatable bonds is 26. The molecule has 5 amide bonds. The van der Waals surface area contributed by atoms with E-state index < -0.39 is 64.6 Å². The van der Waals surface area contributed by atoms with Crippen molar-refractivity contribution < 1.29 is 60.3 Å². The van der Waals surface area contributed by atoms with Gasteiger partial charge in [-0.25, -0.2) is 13.2 Å². The molecule has 0 heterocycles. The number of carbonyl (C=O) groups is 7. The first-order chi connectivity index (χ1) is 25.0. The van der Waals surface area contributed by atoms with Crippen LogP contribution in [-0.2, 0) is 33.6 Å². The summed E-state index contributed by atoms with van der Waals surface area (Å²) in [6, 6.07) is 0. The highest BCUT2D eigenvalue weighted by atomic mass is 19.2. The molecule has 18 heteroatoms. The normalized spacial score (nSPS) is 11.9. The lowest BCUT2D eigenvalue weighted by Gasteiger charge is -2.35. The number of benzene rings is 1. The fraction of sp³-hybridized carbons (Fsp3) is 0.629. The van der Waals surface area contributed by atoms with Gasteiger partial charge in [0.1, 0.15) is 5.78 Å². The predicted octanol–water partition coefficient (Wildman–Crippen LogP) is 3.70. The second kappa shape index (κ2) is 24.6. The zero-order valence-electron chi connectivity index (χ0n) is 30.4. The van der Waals surface area contributed by atoms with Gasteiger partial charge < -0.3 is 36.1 Å². The molecule has 1 aromatic carbocycles. The summed E-state index contributed by atoms with van der Waals surface area (Å²) in [6.07, 6.45) is 0.783. The molecule has 13 nitrogen and oxygen atoms in total. The summed E-state index contributed by atoms with van der Waals surface area (Å²) in [4.78, 5) is 85.9. The van der Waals surface area contributed by atoms with Crippen LogP contribution in [0.2, 0.25) is 0 Å². The summed E-state index contributed by atoms with van der Waals surface area (Å²) in [7, 11) is 0. The van der Waals surface area contributed by atoms with Crippen molar-refractivity contribution in [1.29, 1.82) is 0 Å². The Morgan fingerprint density at radius 2 is 0.962 bits per heavy atom. The number of amides is 5. The topological polar surface area (TPSA) is 189 Å². The Labute approximate surface area is 305 Å². The molecule has 0 aliphatic rings. The van der Waals surface area contributed by atoms with Crippen LogP contribution in [-0.4, -0.2) is 73.0 Å². The summed E-state index contributed by atoms with van der Waals surface area (Å²) < 4.78 is 72.5. The van der Waals surface area contributed by atoms with E-state index in [1.807, 2.05) is 6.92 Å². The maximum atomic E-state index is 13.9. The van der Waals surface area contributed by atoms with Crippen molar-refractivity contribution in [2.24, 2.45) is 0 Å². The number of carbonyl (C=O) groups excluding carboxylic acids is 7. The van der Waals surface area contributed by atoms with Gasteiger partial charge in [-0.3, -0.25) is 28.8 Å². The molecule has 0 aromatic heterocycles. The van der Waals surface area contributed by atoms with Crippen LogP contribution >= 0.6 is 0 Å². The Morgan fingerprint density at radius 3 is 1.42 bits per heavy atom. The Bertz CT molecular complexity index is 1420. The van der Waals surface area contributed by atoms with E-state index in [2.05, 4.69) is 31.3 Å². The van der Waals surface area contributed by atoms with Gasteiger partial charge >= 0.3 is 5.97 Å². The summed E-state index contributed by atoms with van der Waals surface area (Å²) in [5, 5.41) is 13.7. The smallest absolute Gasteiger partial charge is 0.311 e. The Morgan fingerprint density at radius 1 is 0.528 bits per heavy atom. The van der Waals surface area contributed by atoms with E-state index in [1.165, 1.54) is 6.92 Å². The molecule has 298 valence electrons. The highest BCUT2D eigenvalue weighted by Gasteiger charge is 2.33. The van der Waals surface area contributed by atoms with Gasteiger partial charge in [0.2, 0.25) is 64.4 Å². The SMILES string of the molecule is CCCC(=O)NCCCNC(=O)CCC(CCC(C)=O)(CCC(=O)NCCCNC(=O)CC)NC(=O)CCCC(=O)Oc1c(F)c(F)c(F)c(F)c1F. The fourth-order valence-electron chi connectivity index (χ4n) is 4.98. The lowest BCUT2D eigenvalue weighted by molar-refractivity contribution is -0.135. The number of hydrogen-bond donors (Lipinski definition) is 5. The molecule has 1 atom stereocenters. The molecule has 1 aromatic rings. The number of esters is 1. The van der Waals surface area contributed by atoms with Gasteiger partial charge in [-0.1, -0.05) is 13.8 Å². The van der Waals surface area contributed by atoms with Crippen molar-refractivity contribution >= 4 is 41.3 Å². The molecule has 0 saturated heterocycles. The molecular formula is C35H50F5N5O8. The molecule has 53 heavy (non-hydrogen) atoms. The third-order valence-electron chi connectivity index (χ3n) is 7.99. The highest BCUT2D eigenvalue weighted by Crippen LogP contribution is 2.30. The van der Waals surface area contributed by atoms with Crippen LogP contribution in [0, 0.1) is 29.1 Å². The fourth-order valence-corrected chi connectivity index (χ4v) is 4.98. The van der Waals surface area contributed by atoms with Gasteiger partial charge in [-0.15, -0.1) is 0 Å². The van der Waals surface area contributed by atoms with Crippen molar-refractivity contribution in [2.75, 3.05) is 26.2 Å². The first-order valence-corrected chi connectivity index (χ1v) is 17.6. The molecular weight excluding hydrogens is 713 g/mol. The molecule has 5 N–H and O–H groups in total. The molecule has 0 aliphatic heterocycles. The Kier molecular flexibility index (Phi) is 21.5. The summed E-state index contributed by atoms with van der Waals surface area (Å²) in [5.74, 6) is -16.8. The molecule has 0 aliphatic carbocycles. The van der Waals surface area contributed by atoms with E-state index in [1.54, 1.807) is 6.92 Å². The van der Waals surface area contributed by atoms with Crippen LogP contribution in [0.25, 0.3) is 0 Å². The van der Waals surface area contributed by atoms with Gasteiger partial charge in [0.05, 0.1) is 0 Å². The van der Waals surface area contributed by atoms with E-state index in [0.29, 0.717) is 45.2 Å². The van der Waals surface area contributed by atoms with Gasteiger partial charge in [-0.2, -0.15) is 8.78 Å². The van der Waals surface area contributed by atoms with Gasteiger partial charge in [0.25, 0.3) is 0 Å². The quantitative estimate of drug-likeness (QED) is 0.0236. The van der Waals surface area contributed by atoms with Gasteiger partial charge in [0, 0.05) is 76.7 Å². The molecule has 0 spiro atoms. The standard InChI is InChI=1S/C35H50F5N5O8/c1-4-9-24(48)42-19-8-21-44-26(50)14-17-35(15-12-22(3)46,16-13-25(49)43-20-7-18-41-23(47)5-2)45-27(51)10-6-11-28(52)53-34-32(39)30(37)29(36)31(38)33(34)40/h4-21H2,1-3H3,(H,41,47)(H,42,48)(H,43,49)(H,44,50)(H,45,51). The highest BCUT2D eigenvalue weighted by molar-refractivity contribution is 5.81. The lowest BCUT2D eigenvalue weighted by Crippen LogP contribution is -2.50. The van der Waals surface area contributed by atoms with Gasteiger partial charge in [-0.05, 0) is 51.9 Å². The van der Waals surface area contributed by atoms with E-state index in [0.717, 1.165) is 0 Å². The van der Waals surface area contributed by atoms with Crippen LogP contribution in [0.4, 0.5) is 22.0 Å². The zero-order chi connectivity index (χ0) is 40.0. The van der Waals surface area contributed by atoms with Crippen LogP contribution in [0.1, 0.15) is 111 Å². The summed E-state index contributed by atoms with van der Waals surface area (Å²) >= 11 is 0. The molecule has 0 radical (unpaired) electrons. The first-order valence-electron chi connectivity index (χ1n) is 17.6. The average Bonchev–Trinajstić information content (AvgIpc) is 3.11. The minimum atomic E-state index is -2.43. The monoisotopic (exact) mass is 763 g/mol. The first kappa shape index (κ1) is 46.4. The van der Waals surface area contributed by atoms with E-state index in [9.17, 15) is 55.5 Å². The van der Waals surface area contributed by atoms with Crippen molar-refractivity contribution in [1.82, 2.24) is 26.6 Å². The van der Waals surface area contributed by atoms with Crippen LogP contribution in [0.5, 0.6) is 5.75 Å². The number of hydrogen-bond acceptors (Lipinski definition) is 8. The molecule has 0 bridgehead atoms. The number of nitrogens with one attached hydrogen (secondary N) is 5. The van der Waals surface area contributed by atoms with Crippen LogP contribution in [0.3, 0.4) is 0 Å². The van der Waals surface area contributed by atoms with Crippen molar-refractivity contribution in [3.8, 4) is 5.75 Å². The summed E-state index contributed by atoms with van der Waals surface area (Å²) in [5.41, 5.74) is -1.25. The maximum Gasteiger partial charge on any atom is 0.311 e. The van der Waals surface area contributed by atoms with E-state index in [4.69, 9.17) is 0 Å². The van der Waals surface area contributed by atoms with Crippen LogP contribution < -0.4 is 31.3 Å². The molecule has 1 unspecified atom stereocenters. The Balaban J connectivity index is 2.96. The lowest BCUT2D eigenvalue weighted by atomic mass is 9.82. The second-order valence-corrected chi connectivity index (χ2v) is 12.5. The molecule has 0 fully saturated rings. The number of ketones is 1. The number of ether oxygens (including phenoxy) is 1. The van der Waals surface area contributed by atoms with Gasteiger partial charge in [0.15, 0.2) is 0 Å². The second-order valence-electron chi connectivity index (χ2n) is 12.5. The van der Waals surface area contributed by atoms with Crippen LogP contribution in [0.15, 0.2) is 0 Å². The summed E-state index contributed by atoms with van der Waals surface area (Å²) in [6.45, 7) is 6.11. The third kappa shape index (κ3) is 18.1. The molecule has 0 saturated carbocycles. The van der Waals surface area contributed by atoms with E-state index >= 15 is 0 Å². The van der Waals surface area contributed by atoms with Crippen molar-refractivity contribution in [3.05, 3.63) is 29.1 Å². The minimum absolute atomic E-state index is 0.00343. The third-order valence-corrected chi connectivity index (χ3v) is 7.99. The number of halogens is 5. The molecule has 1 rings (SSSR count).